The maximum atomic E-state index is 12.9. The second-order valence-electron chi connectivity index (χ2n) is 8.03. The molecule has 1 rings (SSSR count). The second-order valence-corrected chi connectivity index (χ2v) is 8.03. The molecule has 0 aliphatic carbocycles. The summed E-state index contributed by atoms with van der Waals surface area (Å²) in [7, 11) is 1.25. The molecule has 0 aliphatic rings. The lowest BCUT2D eigenvalue weighted by Gasteiger charge is -2.25. The van der Waals surface area contributed by atoms with Gasteiger partial charge in [-0.1, -0.05) is 44.2 Å². The van der Waals surface area contributed by atoms with E-state index >= 15 is 0 Å². The van der Waals surface area contributed by atoms with E-state index in [1.165, 1.54) is 7.11 Å². The number of ether oxygens (including phenoxy) is 2. The van der Waals surface area contributed by atoms with Crippen LogP contribution in [0.15, 0.2) is 30.3 Å². The van der Waals surface area contributed by atoms with Crippen LogP contribution in [-0.2, 0) is 25.5 Å². The van der Waals surface area contributed by atoms with E-state index in [0.717, 1.165) is 5.56 Å². The van der Waals surface area contributed by atoms with Gasteiger partial charge < -0.3 is 20.1 Å². The summed E-state index contributed by atoms with van der Waals surface area (Å²) in [6, 6.07) is 7.16. The monoisotopic (exact) mass is 393 g/mol. The minimum absolute atomic E-state index is 0.0340. The average molecular weight is 394 g/mol. The molecule has 7 heteroatoms. The molecule has 0 radical (unpaired) electrons. The first kappa shape index (κ1) is 21.7. The zero-order valence-electron chi connectivity index (χ0n) is 18.5. The third-order valence-corrected chi connectivity index (χ3v) is 3.74. The van der Waals surface area contributed by atoms with Crippen molar-refractivity contribution in [1.82, 2.24) is 10.6 Å². The number of amides is 2. The molecule has 0 bridgehead atoms. The molecule has 0 aliphatic heterocycles. The van der Waals surface area contributed by atoms with Crippen molar-refractivity contribution >= 4 is 18.0 Å². The SMILES string of the molecule is [2H]N(C(=O)OC(C)(C)C)[C@@H](CC(C)C)C(=O)N[C@@H](Cc1ccccc1)C(=O)OC. The number of benzene rings is 1. The molecule has 2 N–H and O–H groups in total. The summed E-state index contributed by atoms with van der Waals surface area (Å²) in [6.45, 7) is 8.81. The molecule has 0 saturated heterocycles. The third-order valence-electron chi connectivity index (χ3n) is 3.74. The molecule has 0 heterocycles. The molecule has 0 unspecified atom stereocenters. The summed E-state index contributed by atoms with van der Waals surface area (Å²) in [5.41, 5.74) is 0.0513. The first-order valence-corrected chi connectivity index (χ1v) is 9.37. The van der Waals surface area contributed by atoms with E-state index in [2.05, 4.69) is 5.32 Å². The molecule has 7 nitrogen and oxygen atoms in total. The van der Waals surface area contributed by atoms with E-state index in [0.29, 0.717) is 5.31 Å². The van der Waals surface area contributed by atoms with Crippen LogP contribution in [0, 0.1) is 5.92 Å². The number of nitrogens with one attached hydrogen (secondary N) is 2. The third kappa shape index (κ3) is 8.88. The Balaban J connectivity index is 3.00. The summed E-state index contributed by atoms with van der Waals surface area (Å²) in [6.07, 6.45) is -0.442. The van der Waals surface area contributed by atoms with Gasteiger partial charge in [0.05, 0.1) is 7.11 Å². The Morgan fingerprint density at radius 3 is 2.21 bits per heavy atom. The van der Waals surface area contributed by atoms with Gasteiger partial charge in [-0.05, 0) is 38.7 Å². The lowest BCUT2D eigenvalue weighted by atomic mass is 10.0. The summed E-state index contributed by atoms with van der Waals surface area (Å²) < 4.78 is 18.2. The Hall–Kier alpha value is -2.57. The van der Waals surface area contributed by atoms with Crippen molar-refractivity contribution in [2.45, 2.75) is 65.1 Å². The van der Waals surface area contributed by atoms with Crippen LogP contribution < -0.4 is 10.6 Å². The van der Waals surface area contributed by atoms with Crippen molar-refractivity contribution in [3.63, 3.8) is 0 Å². The van der Waals surface area contributed by atoms with Gasteiger partial charge in [-0.25, -0.2) is 9.59 Å². The Morgan fingerprint density at radius 1 is 1.11 bits per heavy atom. The number of rotatable bonds is 8. The predicted octanol–water partition coefficient (Wildman–Crippen LogP) is 2.83. The van der Waals surface area contributed by atoms with Crippen molar-refractivity contribution in [3.05, 3.63) is 35.9 Å². The van der Waals surface area contributed by atoms with E-state index in [4.69, 9.17) is 10.9 Å². The molecule has 1 aromatic carbocycles. The van der Waals surface area contributed by atoms with E-state index in [-0.39, 0.29) is 18.8 Å². The van der Waals surface area contributed by atoms with Gasteiger partial charge in [-0.2, -0.15) is 0 Å². The van der Waals surface area contributed by atoms with E-state index in [1.807, 2.05) is 44.2 Å². The molecular weight excluding hydrogens is 360 g/mol. The molecule has 0 spiro atoms. The standard InChI is InChI=1S/C21H32N2O5/c1-14(2)12-16(23-20(26)28-21(3,4)5)18(24)22-17(19(25)27-6)13-15-10-8-7-9-11-15/h7-11,14,16-17H,12-13H2,1-6H3,(H,22,24)(H,23,26)/t16-,17-/m0/s1/i/hD. The van der Waals surface area contributed by atoms with Gasteiger partial charge in [0.1, 0.15) is 17.7 Å². The number of methoxy groups -OCH3 is 1. The Bertz CT molecular complexity index is 688. The van der Waals surface area contributed by atoms with Crippen molar-refractivity contribution in [2.24, 2.45) is 5.92 Å². The van der Waals surface area contributed by atoms with Crippen LogP contribution in [-0.4, -0.2) is 42.8 Å². The topological polar surface area (TPSA) is 93.7 Å². The van der Waals surface area contributed by atoms with Crippen LogP contribution >= 0.6 is 0 Å². The summed E-state index contributed by atoms with van der Waals surface area (Å²) >= 11 is 0. The first-order chi connectivity index (χ1) is 13.4. The minimum atomic E-state index is -1.10. The number of carbonyl (C=O) groups is 3. The van der Waals surface area contributed by atoms with E-state index < -0.39 is 35.7 Å². The Labute approximate surface area is 168 Å². The highest BCUT2D eigenvalue weighted by Crippen LogP contribution is 2.11. The molecule has 2 atom stereocenters. The van der Waals surface area contributed by atoms with Crippen molar-refractivity contribution in [2.75, 3.05) is 7.11 Å². The zero-order chi connectivity index (χ0) is 22.2. The normalized spacial score (nSPS) is 13.9. The number of carbonyl (C=O) groups excluding carboxylic acids is 3. The molecule has 0 saturated carbocycles. The summed E-state index contributed by atoms with van der Waals surface area (Å²) in [5, 5.41) is 3.18. The molecular formula is C21H32N2O5. The smallest absolute Gasteiger partial charge is 0.408 e. The van der Waals surface area contributed by atoms with Gasteiger partial charge in [0.25, 0.3) is 0 Å². The Kier molecular flexibility index (Phi) is 8.29. The van der Waals surface area contributed by atoms with Gasteiger partial charge in [-0.3, -0.25) is 4.79 Å². The quantitative estimate of drug-likeness (QED) is 0.663. The summed E-state index contributed by atoms with van der Waals surface area (Å²) in [4.78, 5) is 37.4. The first-order valence-electron chi connectivity index (χ1n) is 9.82. The van der Waals surface area contributed by atoms with Crippen LogP contribution in [0.25, 0.3) is 0 Å². The van der Waals surface area contributed by atoms with Crippen LogP contribution in [0.3, 0.4) is 0 Å². The van der Waals surface area contributed by atoms with Crippen LogP contribution in [0.2, 0.25) is 1.41 Å². The number of hydrogen-bond donors (Lipinski definition) is 2. The van der Waals surface area contributed by atoms with Crippen molar-refractivity contribution in [1.29, 1.82) is 0 Å². The van der Waals surface area contributed by atoms with E-state index in [1.54, 1.807) is 20.8 Å². The molecule has 0 aromatic heterocycles. The van der Waals surface area contributed by atoms with Crippen LogP contribution in [0.4, 0.5) is 4.79 Å². The molecule has 0 fully saturated rings. The van der Waals surface area contributed by atoms with Crippen LogP contribution in [0.5, 0.6) is 0 Å². The lowest BCUT2D eigenvalue weighted by molar-refractivity contribution is -0.145. The number of hydrogen-bond acceptors (Lipinski definition) is 5. The fourth-order valence-electron chi connectivity index (χ4n) is 2.53. The largest absolute Gasteiger partial charge is 0.467 e. The van der Waals surface area contributed by atoms with Gasteiger partial charge >= 0.3 is 12.1 Å². The molecule has 28 heavy (non-hydrogen) atoms. The lowest BCUT2D eigenvalue weighted by Crippen LogP contribution is -2.53. The maximum absolute atomic E-state index is 12.9. The minimum Gasteiger partial charge on any atom is -0.467 e. The Morgan fingerprint density at radius 2 is 1.71 bits per heavy atom. The van der Waals surface area contributed by atoms with Crippen molar-refractivity contribution < 1.29 is 25.3 Å². The summed E-state index contributed by atoms with van der Waals surface area (Å²) in [5.74, 6) is -1.17. The van der Waals surface area contributed by atoms with Crippen LogP contribution in [0.1, 0.15) is 46.6 Å². The fourth-order valence-corrected chi connectivity index (χ4v) is 2.53. The van der Waals surface area contributed by atoms with Gasteiger partial charge in [-0.15, -0.1) is 0 Å². The highest BCUT2D eigenvalue weighted by Gasteiger charge is 2.29. The maximum Gasteiger partial charge on any atom is 0.408 e. The molecule has 1 aromatic rings. The van der Waals surface area contributed by atoms with Gasteiger partial charge in [0.15, 0.2) is 1.41 Å². The number of alkyl carbamates (subject to hydrolysis) is 1. The second kappa shape index (κ2) is 10.7. The van der Waals surface area contributed by atoms with Gasteiger partial charge in [0, 0.05) is 6.42 Å². The fraction of sp³-hybridized carbons (Fsp3) is 0.571. The molecule has 2 amide bonds. The van der Waals surface area contributed by atoms with Gasteiger partial charge in [0.2, 0.25) is 5.91 Å². The highest BCUT2D eigenvalue weighted by atomic mass is 16.6. The van der Waals surface area contributed by atoms with Crippen molar-refractivity contribution in [3.8, 4) is 0 Å². The van der Waals surface area contributed by atoms with E-state index in [9.17, 15) is 14.4 Å². The average Bonchev–Trinajstić information content (AvgIpc) is 2.63. The zero-order valence-corrected chi connectivity index (χ0v) is 17.5. The predicted molar refractivity (Wildman–Crippen MR) is 107 cm³/mol. The molecule has 156 valence electrons. The highest BCUT2D eigenvalue weighted by molar-refractivity contribution is 5.89. The number of esters is 1.